The third kappa shape index (κ3) is 5.31. The summed E-state index contributed by atoms with van der Waals surface area (Å²) in [6.45, 7) is 8.29. The molecule has 0 amide bonds. The predicted molar refractivity (Wildman–Crippen MR) is 71.8 cm³/mol. The van der Waals surface area contributed by atoms with Crippen molar-refractivity contribution in [3.8, 4) is 0 Å². The first-order valence-corrected chi connectivity index (χ1v) is 6.87. The maximum atomic E-state index is 3.29. The number of nitrogens with zero attached hydrogens (tertiary/aromatic N) is 1. The Kier molecular flexibility index (Phi) is 5.77. The second-order valence-corrected chi connectivity index (χ2v) is 6.40. The molecule has 96 valence electrons. The molecular formula is C14H30N2. The van der Waals surface area contributed by atoms with Crippen molar-refractivity contribution in [3.63, 3.8) is 0 Å². The largest absolute Gasteiger partial charge is 0.319 e. The minimum absolute atomic E-state index is 0.387. The molecule has 0 spiro atoms. The van der Waals surface area contributed by atoms with Gasteiger partial charge in [0.15, 0.2) is 0 Å². The first-order chi connectivity index (χ1) is 7.53. The summed E-state index contributed by atoms with van der Waals surface area (Å²) in [5, 5.41) is 3.29. The molecule has 0 aromatic rings. The molecule has 0 aromatic carbocycles. The van der Waals surface area contributed by atoms with Crippen LogP contribution in [0.2, 0.25) is 0 Å². The summed E-state index contributed by atoms with van der Waals surface area (Å²) in [4.78, 5) is 2.54. The molecule has 2 nitrogen and oxygen atoms in total. The molecule has 16 heavy (non-hydrogen) atoms. The first-order valence-electron chi connectivity index (χ1n) is 6.87. The normalized spacial score (nSPS) is 19.3. The highest BCUT2D eigenvalue weighted by Gasteiger charge is 2.21. The zero-order valence-electron chi connectivity index (χ0n) is 11.7. The molecule has 0 radical (unpaired) electrons. The van der Waals surface area contributed by atoms with Crippen LogP contribution in [0.1, 0.15) is 46.0 Å². The Balaban J connectivity index is 2.25. The van der Waals surface area contributed by atoms with Crippen LogP contribution < -0.4 is 5.32 Å². The summed E-state index contributed by atoms with van der Waals surface area (Å²) in [6.07, 6.45) is 7.29. The Hall–Kier alpha value is -0.0800. The van der Waals surface area contributed by atoms with E-state index in [1.807, 2.05) is 7.05 Å². The molecule has 1 N–H and O–H groups in total. The van der Waals surface area contributed by atoms with Crippen molar-refractivity contribution in [2.24, 2.45) is 11.3 Å². The van der Waals surface area contributed by atoms with Gasteiger partial charge in [-0.05, 0) is 38.3 Å². The Bertz CT molecular complexity index is 183. The lowest BCUT2D eigenvalue weighted by atomic mass is 9.88. The Morgan fingerprint density at radius 1 is 1.19 bits per heavy atom. The van der Waals surface area contributed by atoms with E-state index >= 15 is 0 Å². The van der Waals surface area contributed by atoms with Gasteiger partial charge in [-0.15, -0.1) is 0 Å². The number of hydrogen-bond donors (Lipinski definition) is 1. The lowest BCUT2D eigenvalue weighted by Gasteiger charge is -2.33. The van der Waals surface area contributed by atoms with Gasteiger partial charge >= 0.3 is 0 Å². The topological polar surface area (TPSA) is 15.3 Å². The standard InChI is InChI=1S/C14H30N2/c1-14(2,11-15-3)12-16(4)10-13-8-6-5-7-9-13/h13,15H,5-12H2,1-4H3. The smallest absolute Gasteiger partial charge is 0.00419 e. The summed E-state index contributed by atoms with van der Waals surface area (Å²) in [5.74, 6) is 0.962. The molecule has 2 heteroatoms. The van der Waals surface area contributed by atoms with E-state index in [9.17, 15) is 0 Å². The molecule has 0 atom stereocenters. The van der Waals surface area contributed by atoms with Crippen molar-refractivity contribution in [1.82, 2.24) is 10.2 Å². The van der Waals surface area contributed by atoms with E-state index in [0.29, 0.717) is 5.41 Å². The third-order valence-electron chi connectivity index (χ3n) is 3.65. The van der Waals surface area contributed by atoms with Crippen LogP contribution in [-0.2, 0) is 0 Å². The van der Waals surface area contributed by atoms with Crippen molar-refractivity contribution in [2.75, 3.05) is 33.7 Å². The van der Waals surface area contributed by atoms with Gasteiger partial charge in [-0.3, -0.25) is 0 Å². The molecule has 0 unspecified atom stereocenters. The van der Waals surface area contributed by atoms with Crippen molar-refractivity contribution in [3.05, 3.63) is 0 Å². The van der Waals surface area contributed by atoms with E-state index in [2.05, 4.69) is 31.1 Å². The molecule has 0 aliphatic heterocycles. The first kappa shape index (κ1) is 14.0. The number of rotatable bonds is 6. The van der Waals surface area contributed by atoms with E-state index < -0.39 is 0 Å². The van der Waals surface area contributed by atoms with Gasteiger partial charge in [-0.1, -0.05) is 33.1 Å². The van der Waals surface area contributed by atoms with E-state index in [1.165, 1.54) is 45.2 Å². The van der Waals surface area contributed by atoms with Gasteiger partial charge in [0.2, 0.25) is 0 Å². The Morgan fingerprint density at radius 3 is 2.38 bits per heavy atom. The van der Waals surface area contributed by atoms with Crippen molar-refractivity contribution >= 4 is 0 Å². The highest BCUT2D eigenvalue weighted by Crippen LogP contribution is 2.25. The molecule has 1 saturated carbocycles. The average molecular weight is 226 g/mol. The van der Waals surface area contributed by atoms with Crippen LogP contribution in [0.25, 0.3) is 0 Å². The minimum atomic E-state index is 0.387. The van der Waals surface area contributed by atoms with Crippen LogP contribution in [-0.4, -0.2) is 38.6 Å². The van der Waals surface area contributed by atoms with Crippen LogP contribution in [0.4, 0.5) is 0 Å². The van der Waals surface area contributed by atoms with E-state index in [1.54, 1.807) is 0 Å². The molecule has 1 aliphatic rings. The van der Waals surface area contributed by atoms with Crippen LogP contribution in [0.15, 0.2) is 0 Å². The van der Waals surface area contributed by atoms with Gasteiger partial charge < -0.3 is 10.2 Å². The Morgan fingerprint density at radius 2 is 1.81 bits per heavy atom. The molecule has 1 aliphatic carbocycles. The lowest BCUT2D eigenvalue weighted by molar-refractivity contribution is 0.168. The fourth-order valence-corrected chi connectivity index (χ4v) is 3.14. The quantitative estimate of drug-likeness (QED) is 0.749. The summed E-state index contributed by atoms with van der Waals surface area (Å²) in [6, 6.07) is 0. The highest BCUT2D eigenvalue weighted by molar-refractivity contribution is 4.76. The SMILES string of the molecule is CNCC(C)(C)CN(C)CC1CCCCC1. The summed E-state index contributed by atoms with van der Waals surface area (Å²) in [7, 11) is 4.33. The van der Waals surface area contributed by atoms with Crippen LogP contribution in [0.3, 0.4) is 0 Å². The van der Waals surface area contributed by atoms with Crippen LogP contribution in [0, 0.1) is 11.3 Å². The maximum absolute atomic E-state index is 3.29. The lowest BCUT2D eigenvalue weighted by Crippen LogP contribution is -2.39. The van der Waals surface area contributed by atoms with E-state index in [-0.39, 0.29) is 0 Å². The van der Waals surface area contributed by atoms with Gasteiger partial charge in [-0.2, -0.15) is 0 Å². The second kappa shape index (κ2) is 6.61. The number of hydrogen-bond acceptors (Lipinski definition) is 2. The van der Waals surface area contributed by atoms with Gasteiger partial charge in [0, 0.05) is 19.6 Å². The van der Waals surface area contributed by atoms with Gasteiger partial charge in [0.05, 0.1) is 0 Å². The summed E-state index contributed by atoms with van der Waals surface area (Å²) < 4.78 is 0. The molecular weight excluding hydrogens is 196 g/mol. The molecule has 1 fully saturated rings. The molecule has 1 rings (SSSR count). The molecule has 0 heterocycles. The van der Waals surface area contributed by atoms with Crippen LogP contribution in [0.5, 0.6) is 0 Å². The average Bonchev–Trinajstić information content (AvgIpc) is 2.17. The molecule has 0 aromatic heterocycles. The zero-order chi connectivity index (χ0) is 12.0. The number of nitrogens with one attached hydrogen (secondary N) is 1. The van der Waals surface area contributed by atoms with Gasteiger partial charge in [-0.25, -0.2) is 0 Å². The van der Waals surface area contributed by atoms with Gasteiger partial charge in [0.25, 0.3) is 0 Å². The second-order valence-electron chi connectivity index (χ2n) is 6.40. The third-order valence-corrected chi connectivity index (χ3v) is 3.65. The van der Waals surface area contributed by atoms with Crippen molar-refractivity contribution < 1.29 is 0 Å². The minimum Gasteiger partial charge on any atom is -0.319 e. The predicted octanol–water partition coefficient (Wildman–Crippen LogP) is 2.74. The zero-order valence-corrected chi connectivity index (χ0v) is 11.7. The maximum Gasteiger partial charge on any atom is 0.00419 e. The Labute approximate surface area is 102 Å². The van der Waals surface area contributed by atoms with E-state index in [0.717, 1.165) is 12.5 Å². The fourth-order valence-electron chi connectivity index (χ4n) is 3.14. The summed E-state index contributed by atoms with van der Waals surface area (Å²) in [5.41, 5.74) is 0.387. The van der Waals surface area contributed by atoms with Gasteiger partial charge in [0.1, 0.15) is 0 Å². The van der Waals surface area contributed by atoms with E-state index in [4.69, 9.17) is 0 Å². The summed E-state index contributed by atoms with van der Waals surface area (Å²) >= 11 is 0. The highest BCUT2D eigenvalue weighted by atomic mass is 15.1. The monoisotopic (exact) mass is 226 g/mol. The molecule has 0 bridgehead atoms. The van der Waals surface area contributed by atoms with Crippen LogP contribution >= 0.6 is 0 Å². The van der Waals surface area contributed by atoms with Crippen molar-refractivity contribution in [1.29, 1.82) is 0 Å². The van der Waals surface area contributed by atoms with Crippen molar-refractivity contribution in [2.45, 2.75) is 46.0 Å². The fraction of sp³-hybridized carbons (Fsp3) is 1.00. The molecule has 0 saturated heterocycles.